The lowest BCUT2D eigenvalue weighted by Crippen LogP contribution is -2.36. The van der Waals surface area contributed by atoms with E-state index in [-0.39, 0.29) is 4.90 Å². The van der Waals surface area contributed by atoms with Gasteiger partial charge in [-0.1, -0.05) is 42.5 Å². The molecule has 1 aliphatic heterocycles. The van der Waals surface area contributed by atoms with Crippen LogP contribution in [0.5, 0.6) is 0 Å². The first kappa shape index (κ1) is 17.4. The molecule has 2 aromatic rings. The Morgan fingerprint density at radius 2 is 1.88 bits per heavy atom. The van der Waals surface area contributed by atoms with Crippen molar-refractivity contribution in [2.45, 2.75) is 24.8 Å². The van der Waals surface area contributed by atoms with Crippen LogP contribution in [0.25, 0.3) is 6.08 Å². The molecule has 0 fully saturated rings. The highest BCUT2D eigenvalue weighted by Gasteiger charge is 2.29. The Kier molecular flexibility index (Phi) is 4.74. The van der Waals surface area contributed by atoms with Gasteiger partial charge in [0, 0.05) is 13.1 Å². The van der Waals surface area contributed by atoms with Crippen LogP contribution < -0.4 is 5.11 Å². The van der Waals surface area contributed by atoms with Gasteiger partial charge in [0.2, 0.25) is 10.0 Å². The molecule has 1 heterocycles. The average Bonchev–Trinajstić information content (AvgIpc) is 2.60. The number of hydrogen-bond acceptors (Lipinski definition) is 4. The second-order valence-corrected chi connectivity index (χ2v) is 7.94. The number of rotatable bonds is 4. The van der Waals surface area contributed by atoms with Crippen LogP contribution in [-0.4, -0.2) is 25.2 Å². The van der Waals surface area contributed by atoms with Gasteiger partial charge in [0.25, 0.3) is 0 Å². The molecule has 0 N–H and O–H groups in total. The zero-order valence-corrected chi connectivity index (χ0v) is 14.6. The molecule has 0 amide bonds. The second-order valence-electron chi connectivity index (χ2n) is 6.03. The van der Waals surface area contributed by atoms with E-state index in [0.717, 1.165) is 11.6 Å². The fourth-order valence-corrected chi connectivity index (χ4v) is 4.66. The van der Waals surface area contributed by atoms with Gasteiger partial charge in [0.05, 0.1) is 10.9 Å². The van der Waals surface area contributed by atoms with Crippen LogP contribution in [0.15, 0.2) is 53.4 Å². The monoisotopic (exact) mass is 356 g/mol. The Labute approximate surface area is 147 Å². The summed E-state index contributed by atoms with van der Waals surface area (Å²) in [7, 11) is -3.66. The predicted molar refractivity (Wildman–Crippen MR) is 93.0 cm³/mol. The lowest BCUT2D eigenvalue weighted by atomic mass is 10.0. The van der Waals surface area contributed by atoms with Crippen molar-refractivity contribution in [1.29, 1.82) is 0 Å². The Balaban J connectivity index is 1.95. The Morgan fingerprint density at radius 3 is 2.60 bits per heavy atom. The Hall–Kier alpha value is -2.44. The summed E-state index contributed by atoms with van der Waals surface area (Å²) in [6, 6.07) is 12.7. The maximum atomic E-state index is 13.1. The quantitative estimate of drug-likeness (QED) is 0.778. The molecule has 25 heavy (non-hydrogen) atoms. The third-order valence-corrected chi connectivity index (χ3v) is 6.32. The average molecular weight is 356 g/mol. The molecule has 0 aromatic heterocycles. The zero-order chi connectivity index (χ0) is 18.0. The summed E-state index contributed by atoms with van der Waals surface area (Å²) in [5, 5.41) is 10.6. The molecule has 2 aromatic carbocycles. The molecule has 0 saturated heterocycles. The first-order valence-corrected chi connectivity index (χ1v) is 9.38. The molecular weight excluding hydrogens is 338 g/mol. The topological polar surface area (TPSA) is 77.5 Å². The van der Waals surface area contributed by atoms with Crippen molar-refractivity contribution in [2.24, 2.45) is 0 Å². The van der Waals surface area contributed by atoms with Crippen molar-refractivity contribution in [1.82, 2.24) is 4.31 Å². The number of aliphatic carboxylic acids is 1. The number of nitrogens with zero attached hydrogens (tertiary/aromatic N) is 1. The van der Waals surface area contributed by atoms with E-state index in [0.29, 0.717) is 30.6 Å². The van der Waals surface area contributed by atoms with Crippen molar-refractivity contribution >= 4 is 22.1 Å². The fourth-order valence-electron chi connectivity index (χ4n) is 2.98. The highest BCUT2D eigenvalue weighted by molar-refractivity contribution is 7.89. The molecule has 0 unspecified atom stereocenters. The maximum absolute atomic E-state index is 13.1. The molecule has 0 radical (unpaired) electrons. The number of benzene rings is 2. The van der Waals surface area contributed by atoms with Gasteiger partial charge < -0.3 is 9.90 Å². The van der Waals surface area contributed by atoms with Crippen molar-refractivity contribution in [3.63, 3.8) is 0 Å². The first-order chi connectivity index (χ1) is 11.9. The second kappa shape index (κ2) is 6.82. The molecule has 0 aliphatic carbocycles. The zero-order valence-electron chi connectivity index (χ0n) is 13.8. The number of carbonyl (C=O) groups is 1. The van der Waals surface area contributed by atoms with E-state index in [1.165, 1.54) is 22.0 Å². The number of aryl methyl sites for hydroxylation is 1. The molecular formula is C19H18NO4S-. The van der Waals surface area contributed by atoms with Gasteiger partial charge in [0.1, 0.15) is 0 Å². The van der Waals surface area contributed by atoms with E-state index in [4.69, 9.17) is 0 Å². The largest absolute Gasteiger partial charge is 0.545 e. The summed E-state index contributed by atoms with van der Waals surface area (Å²) in [6.07, 6.45) is 2.90. The van der Waals surface area contributed by atoms with Crippen molar-refractivity contribution in [3.05, 3.63) is 70.8 Å². The maximum Gasteiger partial charge on any atom is 0.243 e. The minimum absolute atomic E-state index is 0.201. The number of fused-ring (bicyclic) bond motifs is 1. The van der Waals surface area contributed by atoms with E-state index in [9.17, 15) is 18.3 Å². The highest BCUT2D eigenvalue weighted by atomic mass is 32.2. The van der Waals surface area contributed by atoms with Crippen LogP contribution in [0.2, 0.25) is 0 Å². The van der Waals surface area contributed by atoms with Crippen molar-refractivity contribution in [3.8, 4) is 0 Å². The van der Waals surface area contributed by atoms with E-state index >= 15 is 0 Å². The van der Waals surface area contributed by atoms with Gasteiger partial charge in [-0.2, -0.15) is 4.31 Å². The van der Waals surface area contributed by atoms with Crippen molar-refractivity contribution in [2.75, 3.05) is 6.54 Å². The summed E-state index contributed by atoms with van der Waals surface area (Å²) in [6.45, 7) is 2.51. The third kappa shape index (κ3) is 3.65. The molecule has 3 rings (SSSR count). The predicted octanol–water partition coefficient (Wildman–Crippen LogP) is 1.51. The van der Waals surface area contributed by atoms with Gasteiger partial charge in [-0.15, -0.1) is 0 Å². The van der Waals surface area contributed by atoms with Crippen LogP contribution in [0.1, 0.15) is 22.3 Å². The van der Waals surface area contributed by atoms with Gasteiger partial charge in [-0.25, -0.2) is 8.42 Å². The molecule has 6 heteroatoms. The van der Waals surface area contributed by atoms with Crippen LogP contribution in [-0.2, 0) is 27.8 Å². The standard InChI is InChI=1S/C19H19NO4S/c1-14-6-7-15(8-9-19(21)22)12-18(14)25(23,24)20-11-10-16-4-2-3-5-17(16)13-20/h2-9,12H,10-11,13H2,1H3,(H,21,22)/p-1/b9-8+. The number of carboxylic acids is 1. The fraction of sp³-hybridized carbons (Fsp3) is 0.211. The lowest BCUT2D eigenvalue weighted by molar-refractivity contribution is -0.297. The molecule has 5 nitrogen and oxygen atoms in total. The molecule has 0 bridgehead atoms. The van der Waals surface area contributed by atoms with Gasteiger partial charge in [0.15, 0.2) is 0 Å². The number of carbonyl (C=O) groups excluding carboxylic acids is 1. The smallest absolute Gasteiger partial charge is 0.243 e. The number of hydrogen-bond donors (Lipinski definition) is 0. The Bertz CT molecular complexity index is 948. The molecule has 1 aliphatic rings. The number of carboxylic acid groups (broad SMARTS) is 1. The summed E-state index contributed by atoms with van der Waals surface area (Å²) in [5.41, 5.74) is 3.33. The van der Waals surface area contributed by atoms with Crippen LogP contribution >= 0.6 is 0 Å². The molecule has 0 spiro atoms. The normalized spacial score (nSPS) is 15.2. The summed E-state index contributed by atoms with van der Waals surface area (Å²) >= 11 is 0. The van der Waals surface area contributed by atoms with Crippen LogP contribution in [0.3, 0.4) is 0 Å². The van der Waals surface area contributed by atoms with Gasteiger partial charge >= 0.3 is 0 Å². The van der Waals surface area contributed by atoms with Gasteiger partial charge in [-0.05, 0) is 47.7 Å². The van der Waals surface area contributed by atoms with Crippen LogP contribution in [0, 0.1) is 6.92 Å². The lowest BCUT2D eigenvalue weighted by Gasteiger charge is -2.28. The molecule has 0 atom stereocenters. The summed E-state index contributed by atoms with van der Waals surface area (Å²) in [5.74, 6) is -1.32. The van der Waals surface area contributed by atoms with E-state index < -0.39 is 16.0 Å². The molecule has 130 valence electrons. The van der Waals surface area contributed by atoms with E-state index in [1.807, 2.05) is 24.3 Å². The van der Waals surface area contributed by atoms with Gasteiger partial charge in [-0.3, -0.25) is 0 Å². The molecule has 0 saturated carbocycles. The third-order valence-electron chi connectivity index (χ3n) is 4.34. The summed E-state index contributed by atoms with van der Waals surface area (Å²) in [4.78, 5) is 10.8. The van der Waals surface area contributed by atoms with Crippen molar-refractivity contribution < 1.29 is 18.3 Å². The SMILES string of the molecule is Cc1ccc(/C=C/C(=O)[O-])cc1S(=O)(=O)N1CCc2ccccc2C1. The van der Waals surface area contributed by atoms with E-state index in [2.05, 4.69) is 0 Å². The van der Waals surface area contributed by atoms with Crippen LogP contribution in [0.4, 0.5) is 0 Å². The van der Waals surface area contributed by atoms with E-state index in [1.54, 1.807) is 19.1 Å². The minimum Gasteiger partial charge on any atom is -0.545 e. The summed E-state index contributed by atoms with van der Waals surface area (Å²) < 4.78 is 27.6. The minimum atomic E-state index is -3.66. The first-order valence-electron chi connectivity index (χ1n) is 7.94. The highest BCUT2D eigenvalue weighted by Crippen LogP contribution is 2.27. The Morgan fingerprint density at radius 1 is 1.16 bits per heavy atom. The number of sulfonamides is 1.